The molecule has 3 N–H and O–H groups in total. The predicted molar refractivity (Wildman–Crippen MR) is 92.7 cm³/mol. The van der Waals surface area contributed by atoms with Gasteiger partial charge in [0.05, 0.1) is 10.9 Å². The first kappa shape index (κ1) is 16.6. The molecule has 1 aromatic rings. The third-order valence-electron chi connectivity index (χ3n) is 4.52. The first-order valence-corrected chi connectivity index (χ1v) is 8.91. The number of hydrogen-bond acceptors (Lipinski definition) is 4. The molecule has 124 valence electrons. The molecule has 23 heavy (non-hydrogen) atoms. The molecule has 0 radical (unpaired) electrons. The van der Waals surface area contributed by atoms with Crippen LogP contribution in [0.25, 0.3) is 0 Å². The fourth-order valence-corrected chi connectivity index (χ4v) is 4.20. The van der Waals surface area contributed by atoms with Crippen LogP contribution in [0.5, 0.6) is 0 Å². The Bertz CT molecular complexity index is 654. The lowest BCUT2D eigenvalue weighted by Crippen LogP contribution is -2.38. The zero-order chi connectivity index (χ0) is 16.6. The Labute approximate surface area is 144 Å². The summed E-state index contributed by atoms with van der Waals surface area (Å²) in [4.78, 5) is 27.5. The summed E-state index contributed by atoms with van der Waals surface area (Å²) in [6.07, 6.45) is 1.12. The monoisotopic (exact) mass is 353 g/mol. The van der Waals surface area contributed by atoms with Crippen molar-refractivity contribution in [1.29, 1.82) is 0 Å². The van der Waals surface area contributed by atoms with Crippen LogP contribution in [-0.2, 0) is 9.59 Å². The van der Waals surface area contributed by atoms with E-state index < -0.39 is 5.25 Å². The zero-order valence-electron chi connectivity index (χ0n) is 13.0. The van der Waals surface area contributed by atoms with E-state index in [1.807, 2.05) is 11.0 Å². The van der Waals surface area contributed by atoms with Gasteiger partial charge < -0.3 is 16.0 Å². The minimum Gasteiger partial charge on any atom is -0.342 e. The van der Waals surface area contributed by atoms with Gasteiger partial charge in [-0.1, -0.05) is 18.5 Å². The van der Waals surface area contributed by atoms with Crippen LogP contribution >= 0.6 is 23.4 Å². The summed E-state index contributed by atoms with van der Waals surface area (Å²) in [6, 6.07) is 5.39. The first-order valence-electron chi connectivity index (χ1n) is 7.65. The number of fused-ring (bicyclic) bond motifs is 1. The number of benzene rings is 1. The molecule has 5 nitrogen and oxygen atoms in total. The Kier molecular flexibility index (Phi) is 4.58. The largest absolute Gasteiger partial charge is 0.342 e. The number of likely N-dealkylation sites (tertiary alicyclic amines) is 1. The van der Waals surface area contributed by atoms with Gasteiger partial charge in [-0.2, -0.15) is 0 Å². The van der Waals surface area contributed by atoms with Gasteiger partial charge in [0.2, 0.25) is 11.8 Å². The number of carbonyl (C=O) groups is 2. The van der Waals surface area contributed by atoms with Crippen LogP contribution in [0.2, 0.25) is 5.02 Å². The van der Waals surface area contributed by atoms with E-state index in [2.05, 4.69) is 12.2 Å². The van der Waals surface area contributed by atoms with Crippen molar-refractivity contribution in [3.05, 3.63) is 23.2 Å². The van der Waals surface area contributed by atoms with Crippen molar-refractivity contribution in [1.82, 2.24) is 4.90 Å². The van der Waals surface area contributed by atoms with Gasteiger partial charge in [0, 0.05) is 29.4 Å². The molecule has 0 bridgehead atoms. The summed E-state index contributed by atoms with van der Waals surface area (Å²) in [5, 5.41) is 3.02. The molecule has 2 aliphatic rings. The fraction of sp³-hybridized carbons (Fsp3) is 0.500. The normalized spacial score (nSPS) is 26.8. The summed E-state index contributed by atoms with van der Waals surface area (Å²) in [5.41, 5.74) is 6.50. The Morgan fingerprint density at radius 3 is 3.04 bits per heavy atom. The number of thioether (sulfide) groups is 1. The summed E-state index contributed by atoms with van der Waals surface area (Å²) in [6.45, 7) is 4.07. The van der Waals surface area contributed by atoms with Crippen molar-refractivity contribution in [2.45, 2.75) is 29.9 Å². The molecule has 0 spiro atoms. The van der Waals surface area contributed by atoms with Crippen LogP contribution in [-0.4, -0.2) is 41.6 Å². The first-order chi connectivity index (χ1) is 10.9. The van der Waals surface area contributed by atoms with Crippen molar-refractivity contribution >= 4 is 40.9 Å². The van der Waals surface area contributed by atoms with Gasteiger partial charge >= 0.3 is 0 Å². The standard InChI is InChI=1S/C16H20ClN3O2S/c1-16(8-18)4-5-20(9-16)14(21)7-13-15(22)19-11-6-10(17)2-3-12(11)23-13/h2-3,6,13H,4-5,7-9,18H2,1H3,(H,19,22). The minimum atomic E-state index is -0.402. The highest BCUT2D eigenvalue weighted by atomic mass is 35.5. The van der Waals surface area contributed by atoms with Gasteiger partial charge in [0.15, 0.2) is 0 Å². The second kappa shape index (κ2) is 6.34. The molecule has 2 aliphatic heterocycles. The van der Waals surface area contributed by atoms with Gasteiger partial charge in [-0.15, -0.1) is 11.8 Å². The molecule has 2 unspecified atom stereocenters. The average Bonchev–Trinajstić information content (AvgIpc) is 2.91. The third kappa shape index (κ3) is 3.49. The Morgan fingerprint density at radius 2 is 2.35 bits per heavy atom. The smallest absolute Gasteiger partial charge is 0.238 e. The number of nitrogens with two attached hydrogens (primary N) is 1. The Morgan fingerprint density at radius 1 is 1.57 bits per heavy atom. The van der Waals surface area contributed by atoms with E-state index in [0.717, 1.165) is 17.9 Å². The average molecular weight is 354 g/mol. The van der Waals surface area contributed by atoms with E-state index in [1.165, 1.54) is 11.8 Å². The highest BCUT2D eigenvalue weighted by Gasteiger charge is 2.37. The molecule has 0 aromatic heterocycles. The number of carbonyl (C=O) groups excluding carboxylic acids is 2. The second-order valence-electron chi connectivity index (χ2n) is 6.52. The van der Waals surface area contributed by atoms with E-state index in [0.29, 0.717) is 23.8 Å². The summed E-state index contributed by atoms with van der Waals surface area (Å²) in [7, 11) is 0. The molecule has 2 amide bonds. The zero-order valence-corrected chi connectivity index (χ0v) is 14.5. The van der Waals surface area contributed by atoms with Crippen LogP contribution in [0.4, 0.5) is 5.69 Å². The van der Waals surface area contributed by atoms with Crippen LogP contribution in [0.15, 0.2) is 23.1 Å². The number of nitrogens with one attached hydrogen (secondary N) is 1. The number of rotatable bonds is 3. The lowest BCUT2D eigenvalue weighted by molar-refractivity contribution is -0.132. The number of amides is 2. The lowest BCUT2D eigenvalue weighted by Gasteiger charge is -2.26. The molecule has 0 saturated carbocycles. The van der Waals surface area contributed by atoms with E-state index in [1.54, 1.807) is 12.1 Å². The van der Waals surface area contributed by atoms with Gasteiger partial charge in [-0.05, 0) is 36.6 Å². The number of halogens is 1. The molecular formula is C16H20ClN3O2S. The SMILES string of the molecule is CC1(CN)CCN(C(=O)CC2Sc3ccc(Cl)cc3NC2=O)C1. The maximum atomic E-state index is 12.5. The van der Waals surface area contributed by atoms with Crippen molar-refractivity contribution < 1.29 is 9.59 Å². The minimum absolute atomic E-state index is 0.000968. The van der Waals surface area contributed by atoms with Gasteiger partial charge in [-0.3, -0.25) is 9.59 Å². The van der Waals surface area contributed by atoms with Crippen molar-refractivity contribution in [2.24, 2.45) is 11.1 Å². The summed E-state index contributed by atoms with van der Waals surface area (Å²) in [5.74, 6) is -0.119. The van der Waals surface area contributed by atoms with Crippen molar-refractivity contribution in [3.8, 4) is 0 Å². The van der Waals surface area contributed by atoms with E-state index in [-0.39, 0.29) is 23.7 Å². The molecule has 7 heteroatoms. The highest BCUT2D eigenvalue weighted by Crippen LogP contribution is 2.39. The maximum Gasteiger partial charge on any atom is 0.238 e. The van der Waals surface area contributed by atoms with Crippen molar-refractivity contribution in [2.75, 3.05) is 25.0 Å². The summed E-state index contributed by atoms with van der Waals surface area (Å²) >= 11 is 7.36. The van der Waals surface area contributed by atoms with E-state index in [4.69, 9.17) is 17.3 Å². The van der Waals surface area contributed by atoms with Crippen LogP contribution in [0.1, 0.15) is 19.8 Å². The van der Waals surface area contributed by atoms with Gasteiger partial charge in [0.25, 0.3) is 0 Å². The molecule has 1 fully saturated rings. The maximum absolute atomic E-state index is 12.5. The molecule has 1 saturated heterocycles. The quantitative estimate of drug-likeness (QED) is 0.874. The molecule has 2 heterocycles. The van der Waals surface area contributed by atoms with Gasteiger partial charge in [0.1, 0.15) is 0 Å². The topological polar surface area (TPSA) is 75.4 Å². The van der Waals surface area contributed by atoms with E-state index in [9.17, 15) is 9.59 Å². The van der Waals surface area contributed by atoms with Crippen molar-refractivity contribution in [3.63, 3.8) is 0 Å². The summed E-state index contributed by atoms with van der Waals surface area (Å²) < 4.78 is 0. The third-order valence-corrected chi connectivity index (χ3v) is 6.03. The van der Waals surface area contributed by atoms with Gasteiger partial charge in [-0.25, -0.2) is 0 Å². The molecule has 3 rings (SSSR count). The highest BCUT2D eigenvalue weighted by molar-refractivity contribution is 8.01. The molecular weight excluding hydrogens is 334 g/mol. The molecule has 1 aromatic carbocycles. The Balaban J connectivity index is 1.66. The second-order valence-corrected chi connectivity index (χ2v) is 8.20. The number of anilines is 1. The Hall–Kier alpha value is -1.24. The predicted octanol–water partition coefficient (Wildman–Crippen LogP) is 2.34. The van der Waals surface area contributed by atoms with Crippen LogP contribution in [0, 0.1) is 5.41 Å². The number of nitrogens with zero attached hydrogens (tertiary/aromatic N) is 1. The van der Waals surface area contributed by atoms with Crippen LogP contribution in [0.3, 0.4) is 0 Å². The number of hydrogen-bond donors (Lipinski definition) is 2. The molecule has 0 aliphatic carbocycles. The van der Waals surface area contributed by atoms with E-state index >= 15 is 0 Å². The fourth-order valence-electron chi connectivity index (χ4n) is 2.95. The van der Waals surface area contributed by atoms with Crippen LogP contribution < -0.4 is 11.1 Å². The lowest BCUT2D eigenvalue weighted by atomic mass is 9.90. The molecule has 2 atom stereocenters.